The largest absolute Gasteiger partial charge is 0.481 e. The van der Waals surface area contributed by atoms with Crippen LogP contribution in [0.1, 0.15) is 35.2 Å². The number of carbonyl (C=O) groups is 3. The van der Waals surface area contributed by atoms with E-state index < -0.39 is 23.6 Å². The van der Waals surface area contributed by atoms with E-state index >= 15 is 0 Å². The summed E-state index contributed by atoms with van der Waals surface area (Å²) in [4.78, 5) is 34.1. The van der Waals surface area contributed by atoms with Crippen molar-refractivity contribution in [1.29, 1.82) is 0 Å². The second kappa shape index (κ2) is 5.40. The predicted octanol–water partition coefficient (Wildman–Crippen LogP) is 1.30. The Hall–Kier alpha value is -2.44. The third-order valence-corrected chi connectivity index (χ3v) is 4.16. The van der Waals surface area contributed by atoms with Gasteiger partial charge in [0.2, 0.25) is 5.91 Å². The van der Waals surface area contributed by atoms with E-state index in [1.165, 1.54) is 6.07 Å². The van der Waals surface area contributed by atoms with Crippen molar-refractivity contribution in [2.75, 3.05) is 5.32 Å². The third kappa shape index (κ3) is 2.66. The van der Waals surface area contributed by atoms with Gasteiger partial charge in [0.15, 0.2) is 0 Å². The quantitative estimate of drug-likeness (QED) is 0.784. The molecule has 0 spiro atoms. The van der Waals surface area contributed by atoms with Crippen LogP contribution in [0, 0.1) is 11.7 Å². The number of carbonyl (C=O) groups excluding carboxylic acids is 2. The average molecular weight is 306 g/mol. The lowest BCUT2D eigenvalue weighted by Gasteiger charge is -2.33. The molecule has 0 atom stereocenters. The number of halogens is 1. The molecule has 2 amide bonds. The van der Waals surface area contributed by atoms with Crippen LogP contribution < -0.4 is 10.6 Å². The van der Waals surface area contributed by atoms with Crippen molar-refractivity contribution < 1.29 is 23.9 Å². The van der Waals surface area contributed by atoms with E-state index in [0.29, 0.717) is 31.4 Å². The van der Waals surface area contributed by atoms with Gasteiger partial charge < -0.3 is 15.7 Å². The number of benzene rings is 1. The SMILES string of the molecule is O=C1CCc2cc(C(=O)NC3CC(C(=O)O)C3)c(F)cc2N1. The highest BCUT2D eigenvalue weighted by atomic mass is 19.1. The van der Waals surface area contributed by atoms with Gasteiger partial charge in [0, 0.05) is 18.2 Å². The molecule has 1 aromatic carbocycles. The zero-order chi connectivity index (χ0) is 15.9. The van der Waals surface area contributed by atoms with Crippen molar-refractivity contribution >= 4 is 23.5 Å². The van der Waals surface area contributed by atoms with Crippen molar-refractivity contribution in [1.82, 2.24) is 5.32 Å². The molecule has 1 aliphatic heterocycles. The minimum atomic E-state index is -0.874. The first kappa shape index (κ1) is 14.5. The average Bonchev–Trinajstić information content (AvgIpc) is 2.40. The molecule has 2 aliphatic rings. The summed E-state index contributed by atoms with van der Waals surface area (Å²) in [6, 6.07) is 2.37. The number of nitrogens with one attached hydrogen (secondary N) is 2. The molecule has 1 aromatic rings. The molecule has 0 bridgehead atoms. The van der Waals surface area contributed by atoms with Gasteiger partial charge in [-0.2, -0.15) is 0 Å². The number of amides is 2. The first-order chi connectivity index (χ1) is 10.4. The lowest BCUT2D eigenvalue weighted by Crippen LogP contribution is -2.46. The van der Waals surface area contributed by atoms with E-state index in [0.717, 1.165) is 11.6 Å². The second-order valence-electron chi connectivity index (χ2n) is 5.71. The number of anilines is 1. The summed E-state index contributed by atoms with van der Waals surface area (Å²) in [5, 5.41) is 14.0. The van der Waals surface area contributed by atoms with Crippen LogP contribution in [0.5, 0.6) is 0 Å². The molecule has 3 N–H and O–H groups in total. The van der Waals surface area contributed by atoms with Gasteiger partial charge in [-0.05, 0) is 37.0 Å². The number of rotatable bonds is 3. The van der Waals surface area contributed by atoms with Gasteiger partial charge in [0.05, 0.1) is 11.5 Å². The number of aliphatic carboxylic acids is 1. The highest BCUT2D eigenvalue weighted by Gasteiger charge is 2.35. The number of hydrogen-bond acceptors (Lipinski definition) is 3. The number of carboxylic acid groups (broad SMARTS) is 1. The zero-order valence-corrected chi connectivity index (χ0v) is 11.7. The molecule has 22 heavy (non-hydrogen) atoms. The van der Waals surface area contributed by atoms with Crippen molar-refractivity contribution in [3.8, 4) is 0 Å². The van der Waals surface area contributed by atoms with Crippen LogP contribution in [0.2, 0.25) is 0 Å². The van der Waals surface area contributed by atoms with Gasteiger partial charge in [0.25, 0.3) is 5.91 Å². The summed E-state index contributed by atoms with van der Waals surface area (Å²) in [5.41, 5.74) is 1.05. The molecule has 1 fully saturated rings. The molecule has 7 heteroatoms. The van der Waals surface area contributed by atoms with Gasteiger partial charge in [-0.3, -0.25) is 14.4 Å². The van der Waals surface area contributed by atoms with Crippen LogP contribution in [0.4, 0.5) is 10.1 Å². The lowest BCUT2D eigenvalue weighted by molar-refractivity contribution is -0.145. The van der Waals surface area contributed by atoms with Gasteiger partial charge >= 0.3 is 5.97 Å². The predicted molar refractivity (Wildman–Crippen MR) is 75.0 cm³/mol. The Morgan fingerprint density at radius 1 is 1.27 bits per heavy atom. The second-order valence-corrected chi connectivity index (χ2v) is 5.71. The fraction of sp³-hybridized carbons (Fsp3) is 0.400. The first-order valence-electron chi connectivity index (χ1n) is 7.10. The molecular weight excluding hydrogens is 291 g/mol. The van der Waals surface area contributed by atoms with Crippen molar-refractivity contribution in [2.45, 2.75) is 31.7 Å². The molecule has 6 nitrogen and oxygen atoms in total. The van der Waals surface area contributed by atoms with Gasteiger partial charge in [-0.1, -0.05) is 0 Å². The highest BCUT2D eigenvalue weighted by Crippen LogP contribution is 2.29. The summed E-state index contributed by atoms with van der Waals surface area (Å²) in [6.07, 6.45) is 1.50. The zero-order valence-electron chi connectivity index (χ0n) is 11.7. The molecule has 0 radical (unpaired) electrons. The molecule has 116 valence electrons. The summed E-state index contributed by atoms with van der Waals surface area (Å²) in [7, 11) is 0. The van der Waals surface area contributed by atoms with Crippen LogP contribution in [0.3, 0.4) is 0 Å². The number of hydrogen-bond donors (Lipinski definition) is 3. The first-order valence-corrected chi connectivity index (χ1v) is 7.10. The topological polar surface area (TPSA) is 95.5 Å². The number of fused-ring (bicyclic) bond motifs is 1. The summed E-state index contributed by atoms with van der Waals surface area (Å²) < 4.78 is 14.0. The monoisotopic (exact) mass is 306 g/mol. The Kier molecular flexibility index (Phi) is 3.56. The van der Waals surface area contributed by atoms with E-state index in [1.807, 2.05) is 0 Å². The van der Waals surface area contributed by atoms with Crippen LogP contribution in [-0.2, 0) is 16.0 Å². The number of aryl methyl sites for hydroxylation is 1. The standard InChI is InChI=1S/C15H15FN2O4/c16-11-6-12-7(1-2-13(19)18-12)5-10(11)14(20)17-9-3-8(4-9)15(21)22/h5-6,8-9H,1-4H2,(H,17,20)(H,18,19)(H,21,22). The fourth-order valence-corrected chi connectivity index (χ4v) is 2.78. The molecule has 1 aliphatic carbocycles. The maximum absolute atomic E-state index is 14.0. The maximum atomic E-state index is 14.0. The Balaban J connectivity index is 1.71. The fourth-order valence-electron chi connectivity index (χ4n) is 2.78. The van der Waals surface area contributed by atoms with Gasteiger partial charge in [0.1, 0.15) is 5.82 Å². The van der Waals surface area contributed by atoms with Crippen LogP contribution in [-0.4, -0.2) is 28.9 Å². The van der Waals surface area contributed by atoms with Gasteiger partial charge in [-0.25, -0.2) is 4.39 Å². The van der Waals surface area contributed by atoms with E-state index in [-0.39, 0.29) is 17.5 Å². The Labute approximate surface area is 125 Å². The van der Waals surface area contributed by atoms with Crippen molar-refractivity contribution in [3.05, 3.63) is 29.1 Å². The number of carboxylic acids is 1. The van der Waals surface area contributed by atoms with Crippen LogP contribution >= 0.6 is 0 Å². The molecule has 1 heterocycles. The van der Waals surface area contributed by atoms with E-state index in [1.54, 1.807) is 0 Å². The maximum Gasteiger partial charge on any atom is 0.306 e. The molecule has 0 unspecified atom stereocenters. The summed E-state index contributed by atoms with van der Waals surface area (Å²) in [6.45, 7) is 0. The van der Waals surface area contributed by atoms with Crippen molar-refractivity contribution in [3.63, 3.8) is 0 Å². The Morgan fingerprint density at radius 2 is 2.00 bits per heavy atom. The Morgan fingerprint density at radius 3 is 2.68 bits per heavy atom. The van der Waals surface area contributed by atoms with Crippen LogP contribution in [0.15, 0.2) is 12.1 Å². The van der Waals surface area contributed by atoms with Crippen molar-refractivity contribution in [2.24, 2.45) is 5.92 Å². The molecule has 1 saturated carbocycles. The minimum Gasteiger partial charge on any atom is -0.481 e. The molecule has 3 rings (SSSR count). The van der Waals surface area contributed by atoms with Crippen LogP contribution in [0.25, 0.3) is 0 Å². The molecule has 0 aromatic heterocycles. The summed E-state index contributed by atoms with van der Waals surface area (Å²) in [5.74, 6) is -2.73. The van der Waals surface area contributed by atoms with E-state index in [2.05, 4.69) is 10.6 Å². The Bertz CT molecular complexity index is 668. The van der Waals surface area contributed by atoms with Gasteiger partial charge in [-0.15, -0.1) is 0 Å². The summed E-state index contributed by atoms with van der Waals surface area (Å²) >= 11 is 0. The molecule has 0 saturated heterocycles. The van der Waals surface area contributed by atoms with E-state index in [9.17, 15) is 18.8 Å². The smallest absolute Gasteiger partial charge is 0.306 e. The lowest BCUT2D eigenvalue weighted by atomic mass is 9.80. The molecular formula is C15H15FN2O4. The highest BCUT2D eigenvalue weighted by molar-refractivity contribution is 5.98. The normalized spacial score (nSPS) is 23.0. The minimum absolute atomic E-state index is 0.0753. The van der Waals surface area contributed by atoms with E-state index in [4.69, 9.17) is 5.11 Å². The third-order valence-electron chi connectivity index (χ3n) is 4.16.